The Morgan fingerprint density at radius 2 is 2.28 bits per heavy atom. The standard InChI is InChI=1S/C10H6ClN5O2/c11-6-4-1-2-13-8(4)14-3-5(6)9-15-16-10(18-9)7(12)17/h1-3H,(H2,12,17)(H,13,14). The average Bonchev–Trinajstić information content (AvgIpc) is 2.97. The number of rotatable bonds is 2. The van der Waals surface area contributed by atoms with Gasteiger partial charge in [-0.3, -0.25) is 4.79 Å². The van der Waals surface area contributed by atoms with E-state index >= 15 is 0 Å². The van der Waals surface area contributed by atoms with Gasteiger partial charge in [-0.05, 0) is 6.07 Å². The molecule has 0 atom stereocenters. The van der Waals surface area contributed by atoms with Gasteiger partial charge in [0, 0.05) is 17.8 Å². The molecule has 0 aromatic carbocycles. The summed E-state index contributed by atoms with van der Waals surface area (Å²) in [5, 5.41) is 8.37. The summed E-state index contributed by atoms with van der Waals surface area (Å²) >= 11 is 6.20. The lowest BCUT2D eigenvalue weighted by atomic mass is 10.2. The monoisotopic (exact) mass is 263 g/mol. The minimum Gasteiger partial charge on any atom is -0.412 e. The first kappa shape index (κ1) is 10.7. The van der Waals surface area contributed by atoms with Crippen molar-refractivity contribution in [1.82, 2.24) is 20.2 Å². The number of carbonyl (C=O) groups excluding carboxylic acids is 1. The van der Waals surface area contributed by atoms with Crippen LogP contribution in [-0.4, -0.2) is 26.1 Å². The molecule has 0 spiro atoms. The fourth-order valence-corrected chi connectivity index (χ4v) is 1.84. The van der Waals surface area contributed by atoms with E-state index in [9.17, 15) is 4.79 Å². The molecule has 3 aromatic rings. The predicted molar refractivity (Wildman–Crippen MR) is 62.9 cm³/mol. The first-order valence-electron chi connectivity index (χ1n) is 4.92. The Kier molecular flexibility index (Phi) is 2.27. The zero-order valence-corrected chi connectivity index (χ0v) is 9.60. The molecule has 1 amide bonds. The number of fused-ring (bicyclic) bond motifs is 1. The number of primary amides is 1. The van der Waals surface area contributed by atoms with Crippen LogP contribution < -0.4 is 5.73 Å². The number of nitrogens with two attached hydrogens (primary N) is 1. The summed E-state index contributed by atoms with van der Waals surface area (Å²) in [5.74, 6) is -0.958. The van der Waals surface area contributed by atoms with E-state index in [0.717, 1.165) is 5.39 Å². The summed E-state index contributed by atoms with van der Waals surface area (Å²) in [6.07, 6.45) is 3.20. The molecule has 0 saturated heterocycles. The highest BCUT2D eigenvalue weighted by atomic mass is 35.5. The zero-order valence-electron chi connectivity index (χ0n) is 8.85. The second kappa shape index (κ2) is 3.81. The molecule has 3 aromatic heterocycles. The maximum atomic E-state index is 10.9. The molecule has 3 rings (SSSR count). The van der Waals surface area contributed by atoms with E-state index < -0.39 is 5.91 Å². The van der Waals surface area contributed by atoms with Gasteiger partial charge in [0.05, 0.1) is 10.6 Å². The molecule has 0 aliphatic heterocycles. The van der Waals surface area contributed by atoms with E-state index in [1.54, 1.807) is 12.3 Å². The number of nitrogens with one attached hydrogen (secondary N) is 1. The summed E-state index contributed by atoms with van der Waals surface area (Å²) in [6.45, 7) is 0. The fourth-order valence-electron chi connectivity index (χ4n) is 1.56. The molecule has 0 aliphatic rings. The number of amides is 1. The molecule has 0 fully saturated rings. The van der Waals surface area contributed by atoms with Crippen LogP contribution in [0.25, 0.3) is 22.5 Å². The summed E-state index contributed by atoms with van der Waals surface area (Å²) in [5.41, 5.74) is 6.13. The Bertz CT molecular complexity index is 748. The van der Waals surface area contributed by atoms with Gasteiger partial charge in [-0.1, -0.05) is 11.6 Å². The lowest BCUT2D eigenvalue weighted by Gasteiger charge is -1.99. The Morgan fingerprint density at radius 1 is 1.44 bits per heavy atom. The van der Waals surface area contributed by atoms with Crippen molar-refractivity contribution in [3.05, 3.63) is 29.4 Å². The van der Waals surface area contributed by atoms with Gasteiger partial charge in [0.25, 0.3) is 5.89 Å². The highest BCUT2D eigenvalue weighted by Gasteiger charge is 2.17. The first-order chi connectivity index (χ1) is 8.66. The number of aromatic amines is 1. The second-order valence-electron chi connectivity index (χ2n) is 3.50. The minimum absolute atomic E-state index is 0.101. The lowest BCUT2D eigenvalue weighted by molar-refractivity contribution is 0.0968. The van der Waals surface area contributed by atoms with Crippen molar-refractivity contribution in [3.8, 4) is 11.5 Å². The molecular weight excluding hydrogens is 258 g/mol. The SMILES string of the molecule is NC(=O)c1nnc(-c2cnc3[nH]ccc3c2Cl)o1. The summed E-state index contributed by atoms with van der Waals surface area (Å²) in [6, 6.07) is 1.78. The smallest absolute Gasteiger partial charge is 0.306 e. The predicted octanol–water partition coefficient (Wildman–Crippen LogP) is 1.37. The molecule has 3 N–H and O–H groups in total. The largest absolute Gasteiger partial charge is 0.412 e. The zero-order chi connectivity index (χ0) is 12.7. The van der Waals surface area contributed by atoms with Crippen LogP contribution in [0.5, 0.6) is 0 Å². The molecule has 18 heavy (non-hydrogen) atoms. The van der Waals surface area contributed by atoms with E-state index in [2.05, 4.69) is 20.2 Å². The van der Waals surface area contributed by atoms with Gasteiger partial charge in [-0.15, -0.1) is 10.2 Å². The van der Waals surface area contributed by atoms with Crippen LogP contribution in [0.4, 0.5) is 0 Å². The number of halogens is 1. The highest BCUT2D eigenvalue weighted by Crippen LogP contribution is 2.31. The van der Waals surface area contributed by atoms with Crippen LogP contribution >= 0.6 is 11.6 Å². The summed E-state index contributed by atoms with van der Waals surface area (Å²) < 4.78 is 5.11. The number of carbonyl (C=O) groups is 1. The Balaban J connectivity index is 2.18. The molecule has 0 aliphatic carbocycles. The van der Waals surface area contributed by atoms with Gasteiger partial charge in [-0.25, -0.2) is 4.98 Å². The number of hydrogen-bond acceptors (Lipinski definition) is 5. The molecular formula is C10H6ClN5O2. The molecule has 90 valence electrons. The highest BCUT2D eigenvalue weighted by molar-refractivity contribution is 6.37. The number of aromatic nitrogens is 4. The number of H-pyrrole nitrogens is 1. The molecule has 0 radical (unpaired) electrons. The third-order valence-corrected chi connectivity index (χ3v) is 2.79. The quantitative estimate of drug-likeness (QED) is 0.725. The van der Waals surface area contributed by atoms with Crippen LogP contribution in [0.2, 0.25) is 5.02 Å². The Hall–Kier alpha value is -2.41. The first-order valence-corrected chi connectivity index (χ1v) is 5.30. The van der Waals surface area contributed by atoms with Crippen LogP contribution in [0.1, 0.15) is 10.7 Å². The lowest BCUT2D eigenvalue weighted by Crippen LogP contribution is -2.10. The van der Waals surface area contributed by atoms with Gasteiger partial charge >= 0.3 is 11.8 Å². The van der Waals surface area contributed by atoms with Crippen LogP contribution in [0.3, 0.4) is 0 Å². The number of hydrogen-bond donors (Lipinski definition) is 2. The van der Waals surface area contributed by atoms with Crippen LogP contribution in [-0.2, 0) is 0 Å². The maximum absolute atomic E-state index is 10.9. The van der Waals surface area contributed by atoms with E-state index in [1.807, 2.05) is 0 Å². The van der Waals surface area contributed by atoms with Gasteiger partial charge in [0.1, 0.15) is 5.65 Å². The average molecular weight is 264 g/mol. The molecule has 8 heteroatoms. The van der Waals surface area contributed by atoms with Gasteiger partial charge in [0.2, 0.25) is 0 Å². The van der Waals surface area contributed by atoms with Crippen molar-refractivity contribution in [2.24, 2.45) is 5.73 Å². The van der Waals surface area contributed by atoms with E-state index in [-0.39, 0.29) is 11.8 Å². The molecule has 0 bridgehead atoms. The Labute approximate surface area is 105 Å². The molecule has 0 saturated carbocycles. The topological polar surface area (TPSA) is 111 Å². The second-order valence-corrected chi connectivity index (χ2v) is 3.88. The van der Waals surface area contributed by atoms with E-state index in [4.69, 9.17) is 21.8 Å². The van der Waals surface area contributed by atoms with Gasteiger partial charge in [-0.2, -0.15) is 0 Å². The summed E-state index contributed by atoms with van der Waals surface area (Å²) in [4.78, 5) is 17.9. The molecule has 7 nitrogen and oxygen atoms in total. The number of nitrogens with zero attached hydrogens (tertiary/aromatic N) is 3. The molecule has 3 heterocycles. The van der Waals surface area contributed by atoms with Gasteiger partial charge < -0.3 is 15.1 Å². The summed E-state index contributed by atoms with van der Waals surface area (Å²) in [7, 11) is 0. The van der Waals surface area contributed by atoms with Crippen molar-refractivity contribution < 1.29 is 9.21 Å². The molecule has 0 unspecified atom stereocenters. The maximum Gasteiger partial charge on any atom is 0.306 e. The third kappa shape index (κ3) is 1.52. The van der Waals surface area contributed by atoms with Crippen molar-refractivity contribution in [3.63, 3.8) is 0 Å². The Morgan fingerprint density at radius 3 is 3.00 bits per heavy atom. The van der Waals surface area contributed by atoms with Crippen molar-refractivity contribution >= 4 is 28.5 Å². The van der Waals surface area contributed by atoms with Crippen molar-refractivity contribution in [2.45, 2.75) is 0 Å². The van der Waals surface area contributed by atoms with E-state index in [0.29, 0.717) is 16.2 Å². The minimum atomic E-state index is -0.791. The number of pyridine rings is 1. The van der Waals surface area contributed by atoms with E-state index in [1.165, 1.54) is 6.20 Å². The fraction of sp³-hybridized carbons (Fsp3) is 0. The van der Waals surface area contributed by atoms with Crippen LogP contribution in [0.15, 0.2) is 22.9 Å². The van der Waals surface area contributed by atoms with Crippen LogP contribution in [0, 0.1) is 0 Å². The van der Waals surface area contributed by atoms with Crippen molar-refractivity contribution in [2.75, 3.05) is 0 Å². The third-order valence-electron chi connectivity index (χ3n) is 2.39. The normalized spacial score (nSPS) is 10.9. The van der Waals surface area contributed by atoms with Gasteiger partial charge in [0.15, 0.2) is 0 Å². The van der Waals surface area contributed by atoms with Crippen molar-refractivity contribution in [1.29, 1.82) is 0 Å².